The van der Waals surface area contributed by atoms with Gasteiger partial charge in [-0.15, -0.1) is 11.3 Å². The monoisotopic (exact) mass is 325 g/mol. The van der Waals surface area contributed by atoms with Gasteiger partial charge in [-0.3, -0.25) is 0 Å². The third-order valence-corrected chi connectivity index (χ3v) is 6.19. The third-order valence-electron chi connectivity index (χ3n) is 5.24. The van der Waals surface area contributed by atoms with Crippen molar-refractivity contribution in [2.45, 2.75) is 32.3 Å². The van der Waals surface area contributed by atoms with Crippen LogP contribution in [0.5, 0.6) is 0 Å². The largest absolute Gasteiger partial charge is 0.388 e. The van der Waals surface area contributed by atoms with Gasteiger partial charge in [-0.05, 0) is 53.1 Å². The Morgan fingerprint density at radius 1 is 1.13 bits per heavy atom. The molecule has 1 N–H and O–H groups in total. The highest BCUT2D eigenvalue weighted by atomic mass is 32.1. The van der Waals surface area contributed by atoms with Crippen LogP contribution in [0.1, 0.15) is 47.4 Å². The zero-order chi connectivity index (χ0) is 15.8. The zero-order valence-electron chi connectivity index (χ0n) is 13.6. The van der Waals surface area contributed by atoms with Crippen LogP contribution in [0, 0.1) is 0 Å². The summed E-state index contributed by atoms with van der Waals surface area (Å²) in [5, 5.41) is 12.9. The van der Waals surface area contributed by atoms with Crippen molar-refractivity contribution in [3.05, 3.63) is 62.9 Å². The summed E-state index contributed by atoms with van der Waals surface area (Å²) in [5.74, 6) is 0. The number of nitrogens with zero attached hydrogens (tertiary/aromatic N) is 1. The molecule has 2 heterocycles. The van der Waals surface area contributed by atoms with Gasteiger partial charge in [0.1, 0.15) is 0 Å². The summed E-state index contributed by atoms with van der Waals surface area (Å²) in [6, 6.07) is 10.7. The van der Waals surface area contributed by atoms with Crippen molar-refractivity contribution in [3.8, 4) is 0 Å². The molecule has 0 saturated carbocycles. The fourth-order valence-corrected chi connectivity index (χ4v) is 4.86. The molecule has 1 atom stereocenters. The number of piperidine rings is 1. The van der Waals surface area contributed by atoms with Crippen LogP contribution in [0.25, 0.3) is 5.57 Å². The molecule has 1 aromatic carbocycles. The molecule has 0 amide bonds. The first-order valence-corrected chi connectivity index (χ1v) is 9.44. The van der Waals surface area contributed by atoms with E-state index in [1.807, 2.05) is 6.07 Å². The van der Waals surface area contributed by atoms with Crippen LogP contribution in [0.4, 0.5) is 0 Å². The van der Waals surface area contributed by atoms with Gasteiger partial charge in [0.2, 0.25) is 0 Å². The average Bonchev–Trinajstić information content (AvgIpc) is 3.00. The standard InChI is InChI=1S/C20H23NOS/c1-2-21-10-7-14(8-11-21)20-16-6-4-3-5-15(16)18(22)13-19-17(20)9-12-23-19/h3-6,9,12,18,22H,2,7-8,10-11,13H2,1H3. The quantitative estimate of drug-likeness (QED) is 0.847. The van der Waals surface area contributed by atoms with Gasteiger partial charge in [0.05, 0.1) is 6.10 Å². The first-order valence-electron chi connectivity index (χ1n) is 8.56. The maximum Gasteiger partial charge on any atom is 0.0844 e. The lowest BCUT2D eigenvalue weighted by Gasteiger charge is -2.29. The van der Waals surface area contributed by atoms with Gasteiger partial charge in [-0.1, -0.05) is 36.8 Å². The molecule has 4 rings (SSSR count). The first kappa shape index (κ1) is 15.1. The van der Waals surface area contributed by atoms with Crippen LogP contribution in [-0.2, 0) is 6.42 Å². The maximum absolute atomic E-state index is 10.7. The SMILES string of the molecule is CCN1CCC(=C2c3ccccc3C(O)Cc3sccc32)CC1. The second kappa shape index (κ2) is 6.23. The Labute approximate surface area is 142 Å². The predicted molar refractivity (Wildman–Crippen MR) is 96.8 cm³/mol. The molecule has 3 heteroatoms. The molecule has 2 nitrogen and oxygen atoms in total. The highest BCUT2D eigenvalue weighted by molar-refractivity contribution is 7.10. The van der Waals surface area contributed by atoms with Crippen molar-refractivity contribution in [2.75, 3.05) is 19.6 Å². The van der Waals surface area contributed by atoms with E-state index in [9.17, 15) is 5.11 Å². The number of aliphatic hydroxyl groups is 1. The summed E-state index contributed by atoms with van der Waals surface area (Å²) in [6.07, 6.45) is 2.63. The van der Waals surface area contributed by atoms with Crippen molar-refractivity contribution in [1.82, 2.24) is 4.90 Å². The Hall–Kier alpha value is -1.42. The van der Waals surface area contributed by atoms with Gasteiger partial charge in [-0.2, -0.15) is 0 Å². The zero-order valence-corrected chi connectivity index (χ0v) is 14.4. The van der Waals surface area contributed by atoms with Crippen molar-refractivity contribution in [2.24, 2.45) is 0 Å². The minimum atomic E-state index is -0.391. The molecule has 1 aliphatic carbocycles. The third kappa shape index (κ3) is 2.67. The lowest BCUT2D eigenvalue weighted by molar-refractivity contribution is 0.179. The number of fused-ring (bicyclic) bond motifs is 2. The van der Waals surface area contributed by atoms with Crippen LogP contribution in [-0.4, -0.2) is 29.6 Å². The molecular formula is C20H23NOS. The number of hydrogen-bond acceptors (Lipinski definition) is 3. The van der Waals surface area contributed by atoms with Crippen LogP contribution in [0.3, 0.4) is 0 Å². The molecule has 1 saturated heterocycles. The molecule has 0 spiro atoms. The Morgan fingerprint density at radius 3 is 2.70 bits per heavy atom. The Bertz CT molecular complexity index is 736. The van der Waals surface area contributed by atoms with Gasteiger partial charge in [-0.25, -0.2) is 0 Å². The molecule has 2 aromatic rings. The van der Waals surface area contributed by atoms with E-state index >= 15 is 0 Å². The van der Waals surface area contributed by atoms with Gasteiger partial charge in [0.15, 0.2) is 0 Å². The summed E-state index contributed by atoms with van der Waals surface area (Å²) in [4.78, 5) is 3.85. The van der Waals surface area contributed by atoms with E-state index in [0.29, 0.717) is 0 Å². The van der Waals surface area contributed by atoms with Crippen LogP contribution >= 0.6 is 11.3 Å². The first-order chi connectivity index (χ1) is 11.3. The molecular weight excluding hydrogens is 302 g/mol. The van der Waals surface area contributed by atoms with Crippen molar-refractivity contribution in [3.63, 3.8) is 0 Å². The molecule has 0 radical (unpaired) electrons. The van der Waals surface area contributed by atoms with Crippen LogP contribution < -0.4 is 0 Å². The number of hydrogen-bond donors (Lipinski definition) is 1. The maximum atomic E-state index is 10.7. The summed E-state index contributed by atoms with van der Waals surface area (Å²) in [5.41, 5.74) is 6.67. The molecule has 1 aromatic heterocycles. The lowest BCUT2D eigenvalue weighted by atomic mass is 9.87. The highest BCUT2D eigenvalue weighted by Crippen LogP contribution is 2.42. The van der Waals surface area contributed by atoms with E-state index in [0.717, 1.165) is 44.5 Å². The number of benzene rings is 1. The Kier molecular flexibility index (Phi) is 4.10. The topological polar surface area (TPSA) is 23.5 Å². The fraction of sp³-hybridized carbons (Fsp3) is 0.400. The van der Waals surface area contributed by atoms with E-state index in [2.05, 4.69) is 41.5 Å². The molecule has 1 unspecified atom stereocenters. The second-order valence-corrected chi connectivity index (χ2v) is 7.48. The minimum absolute atomic E-state index is 0.391. The molecule has 0 bridgehead atoms. The van der Waals surface area contributed by atoms with Crippen LogP contribution in [0.2, 0.25) is 0 Å². The van der Waals surface area contributed by atoms with E-state index in [1.165, 1.54) is 21.6 Å². The number of likely N-dealkylation sites (tertiary alicyclic amines) is 1. The van der Waals surface area contributed by atoms with Crippen molar-refractivity contribution < 1.29 is 5.11 Å². The molecule has 23 heavy (non-hydrogen) atoms. The predicted octanol–water partition coefficient (Wildman–Crippen LogP) is 4.26. The van der Waals surface area contributed by atoms with Crippen molar-refractivity contribution in [1.29, 1.82) is 0 Å². The lowest BCUT2D eigenvalue weighted by Crippen LogP contribution is -2.30. The molecule has 1 aliphatic heterocycles. The minimum Gasteiger partial charge on any atom is -0.388 e. The molecule has 1 fully saturated rings. The number of thiophene rings is 1. The van der Waals surface area contributed by atoms with E-state index < -0.39 is 6.10 Å². The smallest absolute Gasteiger partial charge is 0.0844 e. The second-order valence-electron chi connectivity index (χ2n) is 6.48. The van der Waals surface area contributed by atoms with Gasteiger partial charge in [0, 0.05) is 24.4 Å². The number of aliphatic hydroxyl groups excluding tert-OH is 1. The molecule has 2 aliphatic rings. The van der Waals surface area contributed by atoms with Gasteiger partial charge in [0.25, 0.3) is 0 Å². The van der Waals surface area contributed by atoms with E-state index in [1.54, 1.807) is 16.9 Å². The molecule has 120 valence electrons. The normalized spacial score (nSPS) is 21.7. The fourth-order valence-electron chi connectivity index (χ4n) is 3.94. The number of rotatable bonds is 1. The average molecular weight is 325 g/mol. The summed E-state index contributed by atoms with van der Waals surface area (Å²) >= 11 is 1.78. The summed E-state index contributed by atoms with van der Waals surface area (Å²) < 4.78 is 0. The Morgan fingerprint density at radius 2 is 1.91 bits per heavy atom. The van der Waals surface area contributed by atoms with E-state index in [-0.39, 0.29) is 0 Å². The van der Waals surface area contributed by atoms with Crippen molar-refractivity contribution >= 4 is 16.9 Å². The summed E-state index contributed by atoms with van der Waals surface area (Å²) in [6.45, 7) is 5.69. The Balaban J connectivity index is 1.88. The van der Waals surface area contributed by atoms with Crippen LogP contribution in [0.15, 0.2) is 41.3 Å². The van der Waals surface area contributed by atoms with Gasteiger partial charge < -0.3 is 10.0 Å². The summed E-state index contributed by atoms with van der Waals surface area (Å²) in [7, 11) is 0. The van der Waals surface area contributed by atoms with Gasteiger partial charge >= 0.3 is 0 Å². The van der Waals surface area contributed by atoms with E-state index in [4.69, 9.17) is 0 Å². The highest BCUT2D eigenvalue weighted by Gasteiger charge is 2.27.